The van der Waals surface area contributed by atoms with Gasteiger partial charge in [0.1, 0.15) is 0 Å². The fourth-order valence-corrected chi connectivity index (χ4v) is 2.87. The van der Waals surface area contributed by atoms with Crippen molar-refractivity contribution in [3.63, 3.8) is 0 Å². The van der Waals surface area contributed by atoms with Gasteiger partial charge in [0.15, 0.2) is 0 Å². The minimum atomic E-state index is 0.580. The minimum absolute atomic E-state index is 0.580. The van der Waals surface area contributed by atoms with Crippen molar-refractivity contribution in [1.29, 1.82) is 0 Å². The standard InChI is InChI=1S/C14H30N2O/c1-12(2)13-6-9-16(10-7-13)14(11-17-3)5-4-8-15/h12-14H,4-11,15H2,1-3H3. The van der Waals surface area contributed by atoms with Crippen LogP contribution < -0.4 is 5.73 Å². The molecular formula is C14H30N2O. The molecule has 0 aromatic heterocycles. The Morgan fingerprint density at radius 2 is 1.94 bits per heavy atom. The number of hydrogen-bond acceptors (Lipinski definition) is 3. The number of rotatable bonds is 7. The maximum absolute atomic E-state index is 5.60. The molecule has 0 aromatic carbocycles. The van der Waals surface area contributed by atoms with E-state index in [9.17, 15) is 0 Å². The molecule has 1 aliphatic heterocycles. The number of nitrogens with zero attached hydrogens (tertiary/aromatic N) is 1. The van der Waals surface area contributed by atoms with E-state index in [-0.39, 0.29) is 0 Å². The molecule has 1 fully saturated rings. The third kappa shape index (κ3) is 4.94. The van der Waals surface area contributed by atoms with Crippen molar-refractivity contribution < 1.29 is 4.74 Å². The number of ether oxygens (including phenoxy) is 1. The van der Waals surface area contributed by atoms with E-state index in [2.05, 4.69) is 18.7 Å². The van der Waals surface area contributed by atoms with E-state index in [1.165, 1.54) is 32.4 Å². The lowest BCUT2D eigenvalue weighted by Gasteiger charge is -2.38. The molecule has 1 unspecified atom stereocenters. The summed E-state index contributed by atoms with van der Waals surface area (Å²) in [6.07, 6.45) is 4.98. The molecule has 0 saturated carbocycles. The summed E-state index contributed by atoms with van der Waals surface area (Å²) in [5.41, 5.74) is 5.60. The molecule has 1 atom stereocenters. The van der Waals surface area contributed by atoms with E-state index in [0.29, 0.717) is 6.04 Å². The Hall–Kier alpha value is -0.120. The fourth-order valence-electron chi connectivity index (χ4n) is 2.87. The second kappa shape index (κ2) is 8.06. The summed E-state index contributed by atoms with van der Waals surface area (Å²) in [6, 6.07) is 0.580. The molecule has 1 saturated heterocycles. The first kappa shape index (κ1) is 14.9. The third-order valence-electron chi connectivity index (χ3n) is 4.13. The maximum Gasteiger partial charge on any atom is 0.0618 e. The predicted octanol–water partition coefficient (Wildman–Crippen LogP) is 2.11. The molecule has 1 rings (SSSR count). The van der Waals surface area contributed by atoms with Crippen LogP contribution >= 0.6 is 0 Å². The Kier molecular flexibility index (Phi) is 7.09. The zero-order valence-electron chi connectivity index (χ0n) is 11.8. The first-order valence-electron chi connectivity index (χ1n) is 7.12. The predicted molar refractivity (Wildman–Crippen MR) is 73.1 cm³/mol. The van der Waals surface area contributed by atoms with Crippen LogP contribution in [0.25, 0.3) is 0 Å². The highest BCUT2D eigenvalue weighted by Crippen LogP contribution is 2.26. The van der Waals surface area contributed by atoms with Gasteiger partial charge in [-0.25, -0.2) is 0 Å². The Morgan fingerprint density at radius 1 is 1.29 bits per heavy atom. The minimum Gasteiger partial charge on any atom is -0.383 e. The first-order chi connectivity index (χ1) is 8.19. The maximum atomic E-state index is 5.60. The molecular weight excluding hydrogens is 212 g/mol. The Labute approximate surface area is 107 Å². The normalized spacial score (nSPS) is 21.0. The summed E-state index contributed by atoms with van der Waals surface area (Å²) >= 11 is 0. The van der Waals surface area contributed by atoms with Crippen LogP contribution in [0.5, 0.6) is 0 Å². The van der Waals surface area contributed by atoms with Crippen molar-refractivity contribution >= 4 is 0 Å². The van der Waals surface area contributed by atoms with E-state index in [1.807, 2.05) is 0 Å². The van der Waals surface area contributed by atoms with Gasteiger partial charge in [-0.15, -0.1) is 0 Å². The van der Waals surface area contributed by atoms with Gasteiger partial charge < -0.3 is 10.5 Å². The van der Waals surface area contributed by atoms with Crippen molar-refractivity contribution in [2.45, 2.75) is 45.6 Å². The van der Waals surface area contributed by atoms with Gasteiger partial charge in [-0.05, 0) is 57.2 Å². The zero-order chi connectivity index (χ0) is 12.7. The summed E-state index contributed by atoms with van der Waals surface area (Å²) in [4.78, 5) is 2.61. The molecule has 1 aliphatic rings. The highest BCUT2D eigenvalue weighted by molar-refractivity contribution is 4.79. The quantitative estimate of drug-likeness (QED) is 0.743. The van der Waals surface area contributed by atoms with Gasteiger partial charge in [0.05, 0.1) is 6.61 Å². The molecule has 3 nitrogen and oxygen atoms in total. The van der Waals surface area contributed by atoms with Crippen molar-refractivity contribution in [1.82, 2.24) is 4.90 Å². The van der Waals surface area contributed by atoms with Crippen LogP contribution in [0, 0.1) is 11.8 Å². The topological polar surface area (TPSA) is 38.5 Å². The number of likely N-dealkylation sites (tertiary alicyclic amines) is 1. The van der Waals surface area contributed by atoms with Crippen molar-refractivity contribution in [2.75, 3.05) is 33.4 Å². The van der Waals surface area contributed by atoms with E-state index < -0.39 is 0 Å². The van der Waals surface area contributed by atoms with Crippen molar-refractivity contribution in [3.8, 4) is 0 Å². The van der Waals surface area contributed by atoms with Crippen LogP contribution in [-0.2, 0) is 4.74 Å². The average molecular weight is 242 g/mol. The summed E-state index contributed by atoms with van der Waals surface area (Å²) in [6.45, 7) is 8.82. The second-order valence-electron chi connectivity index (χ2n) is 5.66. The number of methoxy groups -OCH3 is 1. The van der Waals surface area contributed by atoms with Crippen molar-refractivity contribution in [2.24, 2.45) is 17.6 Å². The van der Waals surface area contributed by atoms with Gasteiger partial charge in [0.25, 0.3) is 0 Å². The number of hydrogen-bond donors (Lipinski definition) is 1. The van der Waals surface area contributed by atoms with E-state index in [0.717, 1.165) is 31.4 Å². The van der Waals surface area contributed by atoms with Crippen LogP contribution in [0.3, 0.4) is 0 Å². The molecule has 0 bridgehead atoms. The highest BCUT2D eigenvalue weighted by atomic mass is 16.5. The van der Waals surface area contributed by atoms with Crippen molar-refractivity contribution in [3.05, 3.63) is 0 Å². The molecule has 102 valence electrons. The van der Waals surface area contributed by atoms with Crippen LogP contribution in [-0.4, -0.2) is 44.3 Å². The number of nitrogens with two attached hydrogens (primary N) is 1. The number of piperidine rings is 1. The van der Waals surface area contributed by atoms with Gasteiger partial charge in [-0.3, -0.25) is 4.90 Å². The van der Waals surface area contributed by atoms with Crippen LogP contribution in [0.2, 0.25) is 0 Å². The van der Waals surface area contributed by atoms with Crippen LogP contribution in [0.4, 0.5) is 0 Å². The SMILES string of the molecule is COCC(CCCN)N1CCC(C(C)C)CC1. The second-order valence-corrected chi connectivity index (χ2v) is 5.66. The Bertz CT molecular complexity index is 189. The van der Waals surface area contributed by atoms with Gasteiger partial charge in [-0.1, -0.05) is 13.8 Å². The third-order valence-corrected chi connectivity index (χ3v) is 4.13. The average Bonchev–Trinajstić information content (AvgIpc) is 2.34. The summed E-state index contributed by atoms with van der Waals surface area (Å²) in [5, 5.41) is 0. The molecule has 0 radical (unpaired) electrons. The molecule has 0 amide bonds. The van der Waals surface area contributed by atoms with E-state index in [4.69, 9.17) is 10.5 Å². The molecule has 1 heterocycles. The van der Waals surface area contributed by atoms with Crippen LogP contribution in [0.15, 0.2) is 0 Å². The molecule has 0 aliphatic carbocycles. The summed E-state index contributed by atoms with van der Waals surface area (Å²) < 4.78 is 5.35. The van der Waals surface area contributed by atoms with Gasteiger partial charge in [-0.2, -0.15) is 0 Å². The lowest BCUT2D eigenvalue weighted by atomic mass is 9.86. The highest BCUT2D eigenvalue weighted by Gasteiger charge is 2.25. The van der Waals surface area contributed by atoms with Gasteiger partial charge in [0.2, 0.25) is 0 Å². The molecule has 3 heteroatoms. The van der Waals surface area contributed by atoms with Gasteiger partial charge in [0, 0.05) is 13.2 Å². The molecule has 0 spiro atoms. The summed E-state index contributed by atoms with van der Waals surface area (Å²) in [7, 11) is 1.80. The molecule has 17 heavy (non-hydrogen) atoms. The summed E-state index contributed by atoms with van der Waals surface area (Å²) in [5.74, 6) is 1.76. The Balaban J connectivity index is 2.37. The van der Waals surface area contributed by atoms with E-state index >= 15 is 0 Å². The lowest BCUT2D eigenvalue weighted by molar-refractivity contribution is 0.0530. The zero-order valence-corrected chi connectivity index (χ0v) is 11.8. The monoisotopic (exact) mass is 242 g/mol. The van der Waals surface area contributed by atoms with Gasteiger partial charge >= 0.3 is 0 Å². The first-order valence-corrected chi connectivity index (χ1v) is 7.12. The molecule has 2 N–H and O–H groups in total. The Morgan fingerprint density at radius 3 is 2.41 bits per heavy atom. The smallest absolute Gasteiger partial charge is 0.0618 e. The van der Waals surface area contributed by atoms with Crippen LogP contribution in [0.1, 0.15) is 39.5 Å². The lowest BCUT2D eigenvalue weighted by Crippen LogP contribution is -2.44. The van der Waals surface area contributed by atoms with E-state index in [1.54, 1.807) is 7.11 Å². The molecule has 0 aromatic rings. The fraction of sp³-hybridized carbons (Fsp3) is 1.00. The largest absolute Gasteiger partial charge is 0.383 e.